The second-order valence-corrected chi connectivity index (χ2v) is 5.12. The van der Waals surface area contributed by atoms with E-state index in [4.69, 9.17) is 4.74 Å². The summed E-state index contributed by atoms with van der Waals surface area (Å²) in [6, 6.07) is 0.732. The summed E-state index contributed by atoms with van der Waals surface area (Å²) in [5.74, 6) is 1.57. The zero-order valence-electron chi connectivity index (χ0n) is 8.25. The molecular weight excluding hydrogens is 186 g/mol. The molecule has 0 aromatic rings. The predicted octanol–water partition coefficient (Wildman–Crippen LogP) is 0.524. The van der Waals surface area contributed by atoms with Crippen LogP contribution in [0.5, 0.6) is 0 Å². The summed E-state index contributed by atoms with van der Waals surface area (Å²) in [7, 11) is 1.03. The molecule has 1 unspecified atom stereocenters. The lowest BCUT2D eigenvalue weighted by molar-refractivity contribution is 0.200. The minimum Gasteiger partial charge on any atom is -0.385 e. The van der Waals surface area contributed by atoms with Crippen LogP contribution in [-0.2, 0) is 15.5 Å². The van der Waals surface area contributed by atoms with Crippen LogP contribution in [0.1, 0.15) is 19.3 Å². The molecule has 0 saturated heterocycles. The van der Waals surface area contributed by atoms with E-state index in [1.54, 1.807) is 7.11 Å². The standard InChI is InChI=1S/C9H19NO2S/c1-12-6-2-7-13(11)8-5-10-9-3-4-9/h9-10H,2-8H2,1H3. The molecule has 0 heterocycles. The van der Waals surface area contributed by atoms with Crippen LogP contribution in [0.3, 0.4) is 0 Å². The van der Waals surface area contributed by atoms with Crippen molar-refractivity contribution in [1.29, 1.82) is 0 Å². The van der Waals surface area contributed by atoms with E-state index in [2.05, 4.69) is 5.32 Å². The zero-order valence-corrected chi connectivity index (χ0v) is 9.07. The van der Waals surface area contributed by atoms with Gasteiger partial charge in [-0.3, -0.25) is 4.21 Å². The topological polar surface area (TPSA) is 38.3 Å². The summed E-state index contributed by atoms with van der Waals surface area (Å²) in [6.45, 7) is 1.63. The molecule has 1 fully saturated rings. The third-order valence-electron chi connectivity index (χ3n) is 2.06. The second-order valence-electron chi connectivity index (χ2n) is 3.42. The van der Waals surface area contributed by atoms with Gasteiger partial charge in [0.05, 0.1) is 0 Å². The van der Waals surface area contributed by atoms with E-state index < -0.39 is 10.8 Å². The van der Waals surface area contributed by atoms with Gasteiger partial charge >= 0.3 is 0 Å². The highest BCUT2D eigenvalue weighted by atomic mass is 32.2. The van der Waals surface area contributed by atoms with Crippen LogP contribution in [0.15, 0.2) is 0 Å². The van der Waals surface area contributed by atoms with Crippen LogP contribution in [0.25, 0.3) is 0 Å². The van der Waals surface area contributed by atoms with Crippen molar-refractivity contribution in [2.75, 3.05) is 31.8 Å². The SMILES string of the molecule is COCCCS(=O)CCNC1CC1. The summed E-state index contributed by atoms with van der Waals surface area (Å²) in [6.07, 6.45) is 3.51. The quantitative estimate of drug-likeness (QED) is 0.587. The normalized spacial score (nSPS) is 18.8. The van der Waals surface area contributed by atoms with Gasteiger partial charge in [0.2, 0.25) is 0 Å². The average molecular weight is 205 g/mol. The molecule has 3 nitrogen and oxygen atoms in total. The Morgan fingerprint density at radius 2 is 2.23 bits per heavy atom. The molecule has 1 aliphatic rings. The molecule has 0 bridgehead atoms. The van der Waals surface area contributed by atoms with Gasteiger partial charge in [0.1, 0.15) is 0 Å². The van der Waals surface area contributed by atoms with Gasteiger partial charge < -0.3 is 10.1 Å². The smallest absolute Gasteiger partial charge is 0.0471 e. The van der Waals surface area contributed by atoms with Crippen molar-refractivity contribution >= 4 is 10.8 Å². The monoisotopic (exact) mass is 205 g/mol. The van der Waals surface area contributed by atoms with Crippen molar-refractivity contribution in [1.82, 2.24) is 5.32 Å². The van der Waals surface area contributed by atoms with Crippen LogP contribution in [0, 0.1) is 0 Å². The van der Waals surface area contributed by atoms with Gasteiger partial charge in [-0.1, -0.05) is 0 Å². The Bertz CT molecular complexity index is 160. The fraction of sp³-hybridized carbons (Fsp3) is 1.00. The van der Waals surface area contributed by atoms with Crippen LogP contribution in [-0.4, -0.2) is 42.0 Å². The third kappa shape index (κ3) is 6.18. The lowest BCUT2D eigenvalue weighted by atomic mass is 10.5. The number of methoxy groups -OCH3 is 1. The van der Waals surface area contributed by atoms with E-state index in [0.29, 0.717) is 0 Å². The Morgan fingerprint density at radius 3 is 2.85 bits per heavy atom. The maximum atomic E-state index is 11.3. The summed E-state index contributed by atoms with van der Waals surface area (Å²) in [5.41, 5.74) is 0. The molecule has 0 amide bonds. The highest BCUT2D eigenvalue weighted by molar-refractivity contribution is 7.84. The van der Waals surface area contributed by atoms with Crippen molar-refractivity contribution in [2.45, 2.75) is 25.3 Å². The van der Waals surface area contributed by atoms with Gasteiger partial charge in [-0.05, 0) is 19.3 Å². The number of nitrogens with one attached hydrogen (secondary N) is 1. The van der Waals surface area contributed by atoms with Crippen LogP contribution in [0.2, 0.25) is 0 Å². The molecule has 1 saturated carbocycles. The Hall–Kier alpha value is 0.0700. The van der Waals surface area contributed by atoms with Gasteiger partial charge in [-0.25, -0.2) is 0 Å². The molecule has 1 atom stereocenters. The van der Waals surface area contributed by atoms with Crippen LogP contribution >= 0.6 is 0 Å². The maximum absolute atomic E-state index is 11.3. The van der Waals surface area contributed by atoms with Crippen molar-refractivity contribution in [3.05, 3.63) is 0 Å². The highest BCUT2D eigenvalue weighted by Gasteiger charge is 2.19. The highest BCUT2D eigenvalue weighted by Crippen LogP contribution is 2.17. The summed E-state index contributed by atoms with van der Waals surface area (Å²) in [5, 5.41) is 3.35. The Balaban J connectivity index is 1.84. The fourth-order valence-corrected chi connectivity index (χ4v) is 2.12. The molecule has 4 heteroatoms. The molecule has 0 aromatic carbocycles. The number of hydrogen-bond acceptors (Lipinski definition) is 3. The second kappa shape index (κ2) is 6.51. The minimum absolute atomic E-state index is 0.653. The van der Waals surface area contributed by atoms with Gasteiger partial charge in [0.15, 0.2) is 0 Å². The third-order valence-corrected chi connectivity index (χ3v) is 3.46. The molecule has 1 aliphatic carbocycles. The van der Waals surface area contributed by atoms with Crippen molar-refractivity contribution in [3.8, 4) is 0 Å². The Kier molecular flexibility index (Phi) is 5.58. The van der Waals surface area contributed by atoms with E-state index in [-0.39, 0.29) is 0 Å². The van der Waals surface area contributed by atoms with Crippen LogP contribution < -0.4 is 5.32 Å². The molecular formula is C9H19NO2S. The molecule has 13 heavy (non-hydrogen) atoms. The molecule has 1 N–H and O–H groups in total. The largest absolute Gasteiger partial charge is 0.385 e. The minimum atomic E-state index is -0.653. The van der Waals surface area contributed by atoms with Gasteiger partial charge in [0.25, 0.3) is 0 Å². The van der Waals surface area contributed by atoms with E-state index in [9.17, 15) is 4.21 Å². The molecule has 0 radical (unpaired) electrons. The van der Waals surface area contributed by atoms with E-state index in [1.165, 1.54) is 12.8 Å². The summed E-state index contributed by atoms with van der Waals surface area (Å²) >= 11 is 0. The molecule has 1 rings (SSSR count). The Labute approximate surface area is 82.7 Å². The van der Waals surface area contributed by atoms with E-state index in [0.717, 1.165) is 37.1 Å². The molecule has 0 aliphatic heterocycles. The van der Waals surface area contributed by atoms with Gasteiger partial charge in [-0.2, -0.15) is 0 Å². The van der Waals surface area contributed by atoms with Crippen LogP contribution in [0.4, 0.5) is 0 Å². The number of rotatable bonds is 8. The zero-order chi connectivity index (χ0) is 9.52. The fourth-order valence-electron chi connectivity index (χ4n) is 1.13. The van der Waals surface area contributed by atoms with Crippen molar-refractivity contribution in [2.24, 2.45) is 0 Å². The maximum Gasteiger partial charge on any atom is 0.0471 e. The first-order valence-electron chi connectivity index (χ1n) is 4.90. The van der Waals surface area contributed by atoms with Gasteiger partial charge in [0, 0.05) is 48.6 Å². The van der Waals surface area contributed by atoms with Crippen molar-refractivity contribution in [3.63, 3.8) is 0 Å². The van der Waals surface area contributed by atoms with Gasteiger partial charge in [-0.15, -0.1) is 0 Å². The Morgan fingerprint density at radius 1 is 1.46 bits per heavy atom. The summed E-state index contributed by atoms with van der Waals surface area (Å²) < 4.78 is 16.2. The summed E-state index contributed by atoms with van der Waals surface area (Å²) in [4.78, 5) is 0. The lowest BCUT2D eigenvalue weighted by Gasteiger charge is -2.02. The van der Waals surface area contributed by atoms with E-state index >= 15 is 0 Å². The lowest BCUT2D eigenvalue weighted by Crippen LogP contribution is -2.23. The van der Waals surface area contributed by atoms with E-state index in [1.807, 2.05) is 0 Å². The molecule has 78 valence electrons. The average Bonchev–Trinajstić information content (AvgIpc) is 2.89. The number of hydrogen-bond donors (Lipinski definition) is 1. The first-order chi connectivity index (χ1) is 6.33. The molecule has 0 aromatic heterocycles. The predicted molar refractivity (Wildman–Crippen MR) is 55.4 cm³/mol. The first kappa shape index (κ1) is 11.1. The van der Waals surface area contributed by atoms with Crippen molar-refractivity contribution < 1.29 is 8.95 Å². The first-order valence-corrected chi connectivity index (χ1v) is 6.39. The molecule has 0 spiro atoms. The number of ether oxygens (including phenoxy) is 1.